The van der Waals surface area contributed by atoms with Gasteiger partial charge in [0.05, 0.1) is 13.5 Å². The molecule has 4 nitrogen and oxygen atoms in total. The van der Waals surface area contributed by atoms with Crippen LogP contribution in [-0.4, -0.2) is 55.6 Å². The molecule has 0 unspecified atom stereocenters. The number of hydrogen-bond acceptors (Lipinski definition) is 4. The smallest absolute Gasteiger partial charge is 0.306 e. The number of hydrogen-bond donors (Lipinski definition) is 0. The molecule has 1 aliphatic rings. The molecule has 1 aromatic carbocycles. The maximum atomic E-state index is 13.6. The van der Waals surface area contributed by atoms with Crippen LogP contribution in [0.25, 0.3) is 0 Å². The molecule has 116 valence electrons. The molecule has 1 saturated heterocycles. The van der Waals surface area contributed by atoms with E-state index < -0.39 is 11.6 Å². The molecule has 0 atom stereocenters. The summed E-state index contributed by atoms with van der Waals surface area (Å²) in [7, 11) is 1.39. The molecule has 1 fully saturated rings. The Hall–Kier alpha value is -1.53. The summed E-state index contributed by atoms with van der Waals surface area (Å²) in [5.74, 6) is -1.25. The van der Waals surface area contributed by atoms with Gasteiger partial charge in [0, 0.05) is 50.9 Å². The molecular weight excluding hydrogens is 278 g/mol. The van der Waals surface area contributed by atoms with E-state index in [0.29, 0.717) is 25.1 Å². The number of benzene rings is 1. The average molecular weight is 298 g/mol. The van der Waals surface area contributed by atoms with Crippen LogP contribution in [-0.2, 0) is 16.1 Å². The van der Waals surface area contributed by atoms with E-state index in [0.717, 1.165) is 32.2 Å². The first-order valence-corrected chi connectivity index (χ1v) is 7.04. The Morgan fingerprint density at radius 3 is 2.48 bits per heavy atom. The fourth-order valence-corrected chi connectivity index (χ4v) is 2.41. The van der Waals surface area contributed by atoms with E-state index in [4.69, 9.17) is 0 Å². The molecule has 0 amide bonds. The number of carbonyl (C=O) groups excluding carboxylic acids is 1. The van der Waals surface area contributed by atoms with Gasteiger partial charge >= 0.3 is 5.97 Å². The number of piperazine rings is 1. The summed E-state index contributed by atoms with van der Waals surface area (Å²) in [6, 6.07) is 3.70. The van der Waals surface area contributed by atoms with E-state index in [1.807, 2.05) is 0 Å². The van der Waals surface area contributed by atoms with Crippen molar-refractivity contribution in [2.75, 3.05) is 39.8 Å². The molecule has 1 aliphatic heterocycles. The topological polar surface area (TPSA) is 32.8 Å². The molecule has 1 aromatic rings. The second-order valence-corrected chi connectivity index (χ2v) is 5.18. The number of esters is 1. The Balaban J connectivity index is 1.77. The molecule has 2 rings (SSSR count). The second-order valence-electron chi connectivity index (χ2n) is 5.18. The van der Waals surface area contributed by atoms with Gasteiger partial charge < -0.3 is 9.64 Å². The average Bonchev–Trinajstić information content (AvgIpc) is 2.49. The van der Waals surface area contributed by atoms with E-state index in [1.165, 1.54) is 19.2 Å². The highest BCUT2D eigenvalue weighted by Crippen LogP contribution is 2.13. The molecular formula is C15H20F2N2O2. The van der Waals surface area contributed by atoms with Crippen LogP contribution < -0.4 is 0 Å². The standard InChI is InChI=1S/C15H20F2N2O2/c1-21-15(20)4-5-18-6-8-19(9-7-18)11-12-2-3-13(16)10-14(12)17/h2-3,10H,4-9,11H2,1H3. The second kappa shape index (κ2) is 7.47. The summed E-state index contributed by atoms with van der Waals surface area (Å²) in [6.45, 7) is 4.44. The van der Waals surface area contributed by atoms with Crippen LogP contribution in [0.2, 0.25) is 0 Å². The number of methoxy groups -OCH3 is 1. The van der Waals surface area contributed by atoms with Crippen molar-refractivity contribution in [3.63, 3.8) is 0 Å². The van der Waals surface area contributed by atoms with Crippen LogP contribution in [0.4, 0.5) is 8.78 Å². The third-order valence-electron chi connectivity index (χ3n) is 3.73. The lowest BCUT2D eigenvalue weighted by molar-refractivity contribution is -0.141. The normalized spacial score (nSPS) is 16.9. The van der Waals surface area contributed by atoms with Crippen molar-refractivity contribution in [1.82, 2.24) is 9.80 Å². The third-order valence-corrected chi connectivity index (χ3v) is 3.73. The highest BCUT2D eigenvalue weighted by Gasteiger charge is 2.18. The van der Waals surface area contributed by atoms with Gasteiger partial charge in [0.25, 0.3) is 0 Å². The van der Waals surface area contributed by atoms with Gasteiger partial charge in [-0.1, -0.05) is 6.07 Å². The lowest BCUT2D eigenvalue weighted by atomic mass is 10.1. The number of rotatable bonds is 5. The van der Waals surface area contributed by atoms with Gasteiger partial charge in [0.15, 0.2) is 0 Å². The third kappa shape index (κ3) is 4.75. The number of ether oxygens (including phenoxy) is 1. The van der Waals surface area contributed by atoms with Crippen molar-refractivity contribution < 1.29 is 18.3 Å². The fourth-order valence-electron chi connectivity index (χ4n) is 2.41. The predicted octanol–water partition coefficient (Wildman–Crippen LogP) is 1.65. The molecule has 0 radical (unpaired) electrons. The Morgan fingerprint density at radius 1 is 1.19 bits per heavy atom. The molecule has 0 aromatic heterocycles. The van der Waals surface area contributed by atoms with Gasteiger partial charge in [-0.15, -0.1) is 0 Å². The quantitative estimate of drug-likeness (QED) is 0.774. The molecule has 0 saturated carbocycles. The minimum atomic E-state index is -0.552. The molecule has 0 aliphatic carbocycles. The lowest BCUT2D eigenvalue weighted by Crippen LogP contribution is -2.46. The first-order valence-electron chi connectivity index (χ1n) is 7.04. The summed E-state index contributed by atoms with van der Waals surface area (Å²) >= 11 is 0. The highest BCUT2D eigenvalue weighted by molar-refractivity contribution is 5.69. The van der Waals surface area contributed by atoms with Crippen molar-refractivity contribution in [2.45, 2.75) is 13.0 Å². The molecule has 0 N–H and O–H groups in total. The summed E-state index contributed by atoms with van der Waals surface area (Å²) < 4.78 is 31.1. The van der Waals surface area contributed by atoms with E-state index in [2.05, 4.69) is 14.5 Å². The zero-order valence-corrected chi connectivity index (χ0v) is 12.1. The Kier molecular flexibility index (Phi) is 5.64. The van der Waals surface area contributed by atoms with Gasteiger partial charge in [-0.25, -0.2) is 8.78 Å². The van der Waals surface area contributed by atoms with Crippen LogP contribution in [0.3, 0.4) is 0 Å². The monoisotopic (exact) mass is 298 g/mol. The highest BCUT2D eigenvalue weighted by atomic mass is 19.1. The zero-order valence-electron chi connectivity index (χ0n) is 12.1. The van der Waals surface area contributed by atoms with Crippen molar-refractivity contribution in [3.8, 4) is 0 Å². The fraction of sp³-hybridized carbons (Fsp3) is 0.533. The van der Waals surface area contributed by atoms with Crippen LogP contribution in [0.1, 0.15) is 12.0 Å². The molecule has 6 heteroatoms. The van der Waals surface area contributed by atoms with Crippen molar-refractivity contribution in [3.05, 3.63) is 35.4 Å². The maximum absolute atomic E-state index is 13.6. The minimum Gasteiger partial charge on any atom is -0.469 e. The molecule has 1 heterocycles. The zero-order chi connectivity index (χ0) is 15.2. The first kappa shape index (κ1) is 15.9. The van der Waals surface area contributed by atoms with E-state index in [1.54, 1.807) is 0 Å². The van der Waals surface area contributed by atoms with Gasteiger partial charge in [-0.2, -0.15) is 0 Å². The molecule has 0 spiro atoms. The van der Waals surface area contributed by atoms with Crippen LogP contribution in [0, 0.1) is 11.6 Å². The summed E-state index contributed by atoms with van der Waals surface area (Å²) in [6.07, 6.45) is 0.392. The Morgan fingerprint density at radius 2 is 1.86 bits per heavy atom. The lowest BCUT2D eigenvalue weighted by Gasteiger charge is -2.34. The SMILES string of the molecule is COC(=O)CCN1CCN(Cc2ccc(F)cc2F)CC1. The minimum absolute atomic E-state index is 0.203. The number of halogens is 2. The number of carbonyl (C=O) groups is 1. The van der Waals surface area contributed by atoms with Gasteiger partial charge in [0.2, 0.25) is 0 Å². The van der Waals surface area contributed by atoms with Crippen molar-refractivity contribution >= 4 is 5.97 Å². The van der Waals surface area contributed by atoms with Gasteiger partial charge in [-0.05, 0) is 6.07 Å². The maximum Gasteiger partial charge on any atom is 0.306 e. The number of nitrogens with zero attached hydrogens (tertiary/aromatic N) is 2. The summed E-state index contributed by atoms with van der Waals surface area (Å²) in [5, 5.41) is 0. The Bertz CT molecular complexity index is 489. The first-order chi connectivity index (χ1) is 10.1. The van der Waals surface area contributed by atoms with Crippen molar-refractivity contribution in [2.24, 2.45) is 0 Å². The van der Waals surface area contributed by atoms with Crippen LogP contribution in [0.15, 0.2) is 18.2 Å². The van der Waals surface area contributed by atoms with Gasteiger partial charge in [-0.3, -0.25) is 9.69 Å². The molecule has 0 bridgehead atoms. The van der Waals surface area contributed by atoms with Gasteiger partial charge in [0.1, 0.15) is 11.6 Å². The Labute approximate surface area is 123 Å². The summed E-state index contributed by atoms with van der Waals surface area (Å²) in [5.41, 5.74) is 0.513. The van der Waals surface area contributed by atoms with E-state index >= 15 is 0 Å². The molecule has 21 heavy (non-hydrogen) atoms. The van der Waals surface area contributed by atoms with E-state index in [-0.39, 0.29) is 5.97 Å². The predicted molar refractivity (Wildman–Crippen MR) is 74.7 cm³/mol. The summed E-state index contributed by atoms with van der Waals surface area (Å²) in [4.78, 5) is 15.4. The van der Waals surface area contributed by atoms with Crippen LogP contribution >= 0.6 is 0 Å². The van der Waals surface area contributed by atoms with Crippen molar-refractivity contribution in [1.29, 1.82) is 0 Å². The largest absolute Gasteiger partial charge is 0.469 e. The van der Waals surface area contributed by atoms with E-state index in [9.17, 15) is 13.6 Å². The van der Waals surface area contributed by atoms with Crippen LogP contribution in [0.5, 0.6) is 0 Å².